The van der Waals surface area contributed by atoms with Crippen LogP contribution in [0.2, 0.25) is 0 Å². The largest absolute Gasteiger partial charge is 0.375 e. The molecule has 0 aromatic carbocycles. The third kappa shape index (κ3) is 2.02. The quantitative estimate of drug-likeness (QED) is 0.797. The predicted molar refractivity (Wildman–Crippen MR) is 65.5 cm³/mol. The molecule has 2 saturated heterocycles. The number of methoxy groups -OCH3 is 1. The number of aromatic nitrogens is 2. The Bertz CT molecular complexity index is 483. The van der Waals surface area contributed by atoms with Crippen molar-refractivity contribution < 1.29 is 14.1 Å². The van der Waals surface area contributed by atoms with E-state index < -0.39 is 0 Å². The van der Waals surface area contributed by atoms with Gasteiger partial charge in [-0.2, -0.15) is 4.98 Å². The van der Waals surface area contributed by atoms with Crippen LogP contribution < -0.4 is 5.32 Å². The minimum absolute atomic E-state index is 0.0208. The van der Waals surface area contributed by atoms with Gasteiger partial charge in [0.05, 0.1) is 5.92 Å². The Balaban J connectivity index is 1.81. The Hall–Kier alpha value is -1.47. The number of aryl methyl sites for hydroxylation is 1. The molecule has 7 nitrogen and oxygen atoms in total. The summed E-state index contributed by atoms with van der Waals surface area (Å²) in [5.41, 5.74) is 0.0440. The van der Waals surface area contributed by atoms with Gasteiger partial charge >= 0.3 is 0 Å². The van der Waals surface area contributed by atoms with E-state index in [9.17, 15) is 4.79 Å². The van der Waals surface area contributed by atoms with Crippen LogP contribution in [0.5, 0.6) is 0 Å². The third-order valence-electron chi connectivity index (χ3n) is 4.06. The molecule has 19 heavy (non-hydrogen) atoms. The van der Waals surface area contributed by atoms with Crippen LogP contribution in [0, 0.1) is 12.3 Å². The topological polar surface area (TPSA) is 80.5 Å². The summed E-state index contributed by atoms with van der Waals surface area (Å²) in [7, 11) is 1.54. The van der Waals surface area contributed by atoms with Crippen molar-refractivity contribution in [3.05, 3.63) is 11.7 Å². The van der Waals surface area contributed by atoms with E-state index in [0.717, 1.165) is 19.6 Å². The predicted octanol–water partition coefficient (Wildman–Crippen LogP) is -0.460. The summed E-state index contributed by atoms with van der Waals surface area (Å²) in [5, 5.41) is 7.14. The average Bonchev–Trinajstić information content (AvgIpc) is 2.91. The summed E-state index contributed by atoms with van der Waals surface area (Å²) < 4.78 is 10.2. The fourth-order valence-electron chi connectivity index (χ4n) is 2.97. The average molecular weight is 266 g/mol. The van der Waals surface area contributed by atoms with E-state index in [-0.39, 0.29) is 23.8 Å². The smallest absolute Gasteiger partial charge is 0.248 e. The first-order valence-electron chi connectivity index (χ1n) is 6.42. The Morgan fingerprint density at radius 3 is 2.95 bits per heavy atom. The number of hydrogen-bond acceptors (Lipinski definition) is 6. The molecule has 7 heteroatoms. The zero-order valence-electron chi connectivity index (χ0n) is 11.2. The van der Waals surface area contributed by atoms with Crippen LogP contribution in [0.4, 0.5) is 0 Å². The number of ether oxygens (including phenoxy) is 1. The molecule has 1 N–H and O–H groups in total. The van der Waals surface area contributed by atoms with Gasteiger partial charge in [0, 0.05) is 38.7 Å². The van der Waals surface area contributed by atoms with Gasteiger partial charge in [-0.25, -0.2) is 0 Å². The molecule has 3 heterocycles. The van der Waals surface area contributed by atoms with Crippen molar-refractivity contribution in [2.45, 2.75) is 12.8 Å². The van der Waals surface area contributed by atoms with Crippen molar-refractivity contribution in [1.29, 1.82) is 0 Å². The summed E-state index contributed by atoms with van der Waals surface area (Å²) in [6.07, 6.45) is 0. The second kappa shape index (κ2) is 4.57. The van der Waals surface area contributed by atoms with Crippen molar-refractivity contribution in [3.63, 3.8) is 0 Å². The zero-order chi connectivity index (χ0) is 13.5. The number of amides is 1. The lowest BCUT2D eigenvalue weighted by Crippen LogP contribution is -2.57. The van der Waals surface area contributed by atoms with Crippen molar-refractivity contribution in [1.82, 2.24) is 20.4 Å². The fourth-order valence-corrected chi connectivity index (χ4v) is 2.97. The molecule has 1 unspecified atom stereocenters. The molecule has 2 aliphatic rings. The molecule has 0 saturated carbocycles. The van der Waals surface area contributed by atoms with Gasteiger partial charge in [-0.1, -0.05) is 5.16 Å². The lowest BCUT2D eigenvalue weighted by molar-refractivity contribution is -0.134. The maximum atomic E-state index is 12.0. The third-order valence-corrected chi connectivity index (χ3v) is 4.06. The molecule has 1 spiro atoms. The summed E-state index contributed by atoms with van der Waals surface area (Å²) in [6, 6.07) is 0. The summed E-state index contributed by atoms with van der Waals surface area (Å²) >= 11 is 0. The van der Waals surface area contributed by atoms with E-state index in [4.69, 9.17) is 9.26 Å². The SMILES string of the molecule is COCC(=O)N1CC(c2nc(C)no2)C2(CNC2)C1. The monoisotopic (exact) mass is 266 g/mol. The number of hydrogen-bond donors (Lipinski definition) is 1. The first kappa shape index (κ1) is 12.6. The standard InChI is InChI=1S/C12H18N4O3/c1-8-14-11(19-15-8)9-3-16(10(17)4-18-2)7-12(9)5-13-6-12/h9,13H,3-7H2,1-2H3. The minimum atomic E-state index is 0.0208. The number of nitrogens with zero attached hydrogens (tertiary/aromatic N) is 3. The molecular weight excluding hydrogens is 248 g/mol. The lowest BCUT2D eigenvalue weighted by atomic mass is 9.73. The summed E-state index contributed by atoms with van der Waals surface area (Å²) in [6.45, 7) is 5.06. The lowest BCUT2D eigenvalue weighted by Gasteiger charge is -2.42. The van der Waals surface area contributed by atoms with E-state index in [0.29, 0.717) is 18.3 Å². The fraction of sp³-hybridized carbons (Fsp3) is 0.750. The number of rotatable bonds is 3. The van der Waals surface area contributed by atoms with Crippen LogP contribution in [0.15, 0.2) is 4.52 Å². The van der Waals surface area contributed by atoms with Gasteiger partial charge in [-0.3, -0.25) is 4.79 Å². The summed E-state index contributed by atoms with van der Waals surface area (Å²) in [5.74, 6) is 1.43. The Kier molecular flexibility index (Phi) is 3.02. The molecule has 0 bridgehead atoms. The normalized spacial score (nSPS) is 24.7. The summed E-state index contributed by atoms with van der Waals surface area (Å²) in [4.78, 5) is 18.1. The number of likely N-dealkylation sites (tertiary alicyclic amines) is 1. The van der Waals surface area contributed by atoms with Gasteiger partial charge in [0.2, 0.25) is 11.8 Å². The van der Waals surface area contributed by atoms with E-state index in [1.807, 2.05) is 11.8 Å². The highest BCUT2D eigenvalue weighted by Crippen LogP contribution is 2.45. The van der Waals surface area contributed by atoms with E-state index >= 15 is 0 Å². The molecule has 2 aliphatic heterocycles. The number of carbonyl (C=O) groups is 1. The Labute approximate surface area is 111 Å². The first-order chi connectivity index (χ1) is 9.14. The zero-order valence-corrected chi connectivity index (χ0v) is 11.2. The molecule has 0 radical (unpaired) electrons. The minimum Gasteiger partial charge on any atom is -0.375 e. The van der Waals surface area contributed by atoms with E-state index in [1.54, 1.807) is 0 Å². The number of carbonyl (C=O) groups excluding carboxylic acids is 1. The molecular formula is C12H18N4O3. The molecule has 1 amide bonds. The Morgan fingerprint density at radius 1 is 1.63 bits per heavy atom. The Morgan fingerprint density at radius 2 is 2.42 bits per heavy atom. The van der Waals surface area contributed by atoms with Gasteiger partial charge in [-0.15, -0.1) is 0 Å². The first-order valence-corrected chi connectivity index (χ1v) is 6.42. The molecule has 3 rings (SSSR count). The van der Waals surface area contributed by atoms with Gasteiger partial charge < -0.3 is 19.5 Å². The van der Waals surface area contributed by atoms with Crippen molar-refractivity contribution in [3.8, 4) is 0 Å². The molecule has 1 aromatic heterocycles. The van der Waals surface area contributed by atoms with Gasteiger partial charge in [-0.05, 0) is 6.92 Å². The van der Waals surface area contributed by atoms with Crippen LogP contribution in [0.3, 0.4) is 0 Å². The van der Waals surface area contributed by atoms with Crippen LogP contribution in [-0.2, 0) is 9.53 Å². The van der Waals surface area contributed by atoms with Crippen molar-refractivity contribution in [2.24, 2.45) is 5.41 Å². The molecule has 2 fully saturated rings. The van der Waals surface area contributed by atoms with Crippen LogP contribution in [-0.4, -0.2) is 60.8 Å². The van der Waals surface area contributed by atoms with Crippen molar-refractivity contribution >= 4 is 5.91 Å². The van der Waals surface area contributed by atoms with Crippen molar-refractivity contribution in [2.75, 3.05) is 39.9 Å². The molecule has 104 valence electrons. The molecule has 1 aromatic rings. The second-order valence-electron chi connectivity index (χ2n) is 5.41. The maximum absolute atomic E-state index is 12.0. The highest BCUT2D eigenvalue weighted by atomic mass is 16.5. The highest BCUT2D eigenvalue weighted by Gasteiger charge is 2.54. The van der Waals surface area contributed by atoms with Gasteiger partial charge in [0.25, 0.3) is 0 Å². The van der Waals surface area contributed by atoms with E-state index in [1.165, 1.54) is 7.11 Å². The van der Waals surface area contributed by atoms with Crippen LogP contribution >= 0.6 is 0 Å². The molecule has 1 atom stereocenters. The maximum Gasteiger partial charge on any atom is 0.248 e. The van der Waals surface area contributed by atoms with Crippen LogP contribution in [0.25, 0.3) is 0 Å². The highest BCUT2D eigenvalue weighted by molar-refractivity contribution is 5.78. The van der Waals surface area contributed by atoms with Crippen LogP contribution in [0.1, 0.15) is 17.6 Å². The number of nitrogens with one attached hydrogen (secondary N) is 1. The van der Waals surface area contributed by atoms with Gasteiger partial charge in [0.15, 0.2) is 5.82 Å². The van der Waals surface area contributed by atoms with E-state index in [2.05, 4.69) is 15.5 Å². The second-order valence-corrected chi connectivity index (χ2v) is 5.41. The molecule has 0 aliphatic carbocycles. The van der Waals surface area contributed by atoms with Gasteiger partial charge in [0.1, 0.15) is 6.61 Å².